The summed E-state index contributed by atoms with van der Waals surface area (Å²) >= 11 is 0. The van der Waals surface area contributed by atoms with E-state index in [9.17, 15) is 9.18 Å². The minimum absolute atomic E-state index is 0.00819. The molecule has 272 valence electrons. The molecule has 4 saturated heterocycles. The fourth-order valence-corrected chi connectivity index (χ4v) is 8.70. The summed E-state index contributed by atoms with van der Waals surface area (Å²) in [6.45, 7) is 3.76. The lowest BCUT2D eigenvalue weighted by atomic mass is 9.92. The van der Waals surface area contributed by atoms with Crippen LogP contribution in [-0.4, -0.2) is 95.8 Å². The molecule has 2 bridgehead atoms. The van der Waals surface area contributed by atoms with Gasteiger partial charge in [-0.05, 0) is 57.4 Å². The summed E-state index contributed by atoms with van der Waals surface area (Å²) in [5.74, 6) is -1.27. The third kappa shape index (κ3) is 5.57. The van der Waals surface area contributed by atoms with Crippen LogP contribution in [0.25, 0.3) is 32.8 Å². The molecule has 0 spiro atoms. The van der Waals surface area contributed by atoms with E-state index in [1.807, 2.05) is 11.8 Å². The lowest BCUT2D eigenvalue weighted by Gasteiger charge is -2.41. The zero-order chi connectivity index (χ0) is 36.4. The quantitative estimate of drug-likeness (QED) is 0.131. The monoisotopic (exact) mass is 719 g/mol. The van der Waals surface area contributed by atoms with E-state index in [1.165, 1.54) is 25.3 Å². The number of ether oxygens (including phenoxy) is 4. The third-order valence-corrected chi connectivity index (χ3v) is 11.1. The van der Waals surface area contributed by atoms with Crippen molar-refractivity contribution in [1.29, 1.82) is 0 Å². The number of rotatable bonds is 8. The van der Waals surface area contributed by atoms with Crippen LogP contribution < -0.4 is 19.5 Å². The molecule has 4 aliphatic rings. The zero-order valence-electron chi connectivity index (χ0n) is 28.7. The highest BCUT2D eigenvalue weighted by atomic mass is 19.1. The van der Waals surface area contributed by atoms with Crippen LogP contribution in [0.15, 0.2) is 30.3 Å². The largest absolute Gasteiger partial charge is 0.464 e. The van der Waals surface area contributed by atoms with Crippen molar-refractivity contribution in [2.75, 3.05) is 46.7 Å². The van der Waals surface area contributed by atoms with Gasteiger partial charge in [0.05, 0.1) is 22.0 Å². The highest BCUT2D eigenvalue weighted by molar-refractivity contribution is 6.04. The number of terminal acetylenes is 1. The first kappa shape index (κ1) is 34.4. The van der Waals surface area contributed by atoms with Crippen LogP contribution >= 0.6 is 0 Å². The number of fused-ring (bicyclic) bond motifs is 5. The summed E-state index contributed by atoms with van der Waals surface area (Å²) in [4.78, 5) is 26.3. The Kier molecular flexibility index (Phi) is 8.63. The summed E-state index contributed by atoms with van der Waals surface area (Å²) in [5.41, 5.74) is -2.01. The molecule has 4 atom stereocenters. The fourth-order valence-electron chi connectivity index (χ4n) is 8.70. The summed E-state index contributed by atoms with van der Waals surface area (Å²) in [5, 5.41) is 3.16. The molecule has 0 radical (unpaired) electrons. The van der Waals surface area contributed by atoms with E-state index in [0.29, 0.717) is 26.1 Å². The average molecular weight is 720 g/mol. The van der Waals surface area contributed by atoms with Crippen LogP contribution in [0.1, 0.15) is 44.6 Å². The van der Waals surface area contributed by atoms with Crippen LogP contribution in [0.3, 0.4) is 0 Å². The number of carbonyl (C=O) groups excluding carboxylic acids is 1. The second-order valence-corrected chi connectivity index (χ2v) is 14.3. The number of carbonyl (C=O) groups is 1. The van der Waals surface area contributed by atoms with Gasteiger partial charge in [0.25, 0.3) is 0 Å². The Labute approximate surface area is 297 Å². The Morgan fingerprint density at radius 3 is 2.77 bits per heavy atom. The topological polar surface area (TPSA) is 98.3 Å². The molecule has 1 N–H and O–H groups in total. The highest BCUT2D eigenvalue weighted by Gasteiger charge is 2.50. The van der Waals surface area contributed by atoms with Crippen LogP contribution in [0.5, 0.6) is 17.6 Å². The van der Waals surface area contributed by atoms with E-state index in [-0.39, 0.29) is 71.5 Å². The summed E-state index contributed by atoms with van der Waals surface area (Å²) < 4.78 is 86.2. The molecular weight excluding hydrogens is 682 g/mol. The first-order valence-electron chi connectivity index (χ1n) is 17.3. The van der Waals surface area contributed by atoms with E-state index in [1.54, 1.807) is 4.90 Å². The number of methoxy groups -OCH3 is 1. The Morgan fingerprint density at radius 1 is 1.13 bits per heavy atom. The van der Waals surface area contributed by atoms with Crippen molar-refractivity contribution in [1.82, 2.24) is 25.1 Å². The Hall–Kier alpha value is -4.71. The lowest BCUT2D eigenvalue weighted by Crippen LogP contribution is -2.61. The van der Waals surface area contributed by atoms with Gasteiger partial charge >= 0.3 is 12.1 Å². The molecule has 0 saturated carbocycles. The smallest absolute Gasteiger partial charge is 0.417 e. The Balaban J connectivity index is 1.28. The first-order valence-corrected chi connectivity index (χ1v) is 17.3. The summed E-state index contributed by atoms with van der Waals surface area (Å²) in [6, 6.07) is 6.15. The van der Waals surface area contributed by atoms with E-state index < -0.39 is 57.8 Å². The number of nitrogens with one attached hydrogen (secondary N) is 1. The van der Waals surface area contributed by atoms with E-state index in [0.717, 1.165) is 31.4 Å². The number of halogens is 4. The van der Waals surface area contributed by atoms with Crippen LogP contribution in [0.2, 0.25) is 0 Å². The Bertz CT molecular complexity index is 2140. The predicted molar refractivity (Wildman–Crippen MR) is 183 cm³/mol. The van der Waals surface area contributed by atoms with Gasteiger partial charge in [0.2, 0.25) is 5.88 Å². The maximum Gasteiger partial charge on any atom is 0.417 e. The molecule has 52 heavy (non-hydrogen) atoms. The molecule has 0 aliphatic carbocycles. The van der Waals surface area contributed by atoms with E-state index in [4.69, 9.17) is 25.4 Å². The summed E-state index contributed by atoms with van der Waals surface area (Å²) in [7, 11) is 1.35. The van der Waals surface area contributed by atoms with Crippen molar-refractivity contribution in [3.63, 3.8) is 0 Å². The van der Waals surface area contributed by atoms with Crippen molar-refractivity contribution in [3.05, 3.63) is 53.3 Å². The SMILES string of the molecule is C#Cc1cccc2c(F)c(OCOC)cc(-c3c(F)cc4c(OC(=O)N5[C@@H]6CC[C@@]5(C)CNC6)nc(OC[C@@]56CCCN5C[C@H](F)C6)nc4c3F)c12. The minimum Gasteiger partial charge on any atom is -0.464 e. The van der Waals surface area contributed by atoms with Gasteiger partial charge < -0.3 is 24.3 Å². The lowest BCUT2D eigenvalue weighted by molar-refractivity contribution is 0.0485. The first-order chi connectivity index (χ1) is 25.1. The van der Waals surface area contributed by atoms with Gasteiger partial charge in [-0.25, -0.2) is 22.4 Å². The number of nitrogens with zero attached hydrogens (tertiary/aromatic N) is 4. The minimum atomic E-state index is -1.16. The number of piperazine rings is 1. The zero-order valence-corrected chi connectivity index (χ0v) is 28.7. The second-order valence-electron chi connectivity index (χ2n) is 14.3. The van der Waals surface area contributed by atoms with E-state index in [2.05, 4.69) is 21.2 Å². The molecule has 3 aromatic carbocycles. The molecule has 10 nitrogen and oxygen atoms in total. The fraction of sp³-hybridized carbons (Fsp3) is 0.447. The van der Waals surface area contributed by atoms with Crippen LogP contribution in [-0.2, 0) is 4.74 Å². The second kappa shape index (κ2) is 13.1. The molecule has 4 aromatic rings. The van der Waals surface area contributed by atoms with Gasteiger partial charge in [0, 0.05) is 61.1 Å². The number of alkyl halides is 1. The molecule has 1 aromatic heterocycles. The maximum absolute atomic E-state index is 17.1. The molecule has 0 unspecified atom stereocenters. The number of hydrogen-bond donors (Lipinski definition) is 1. The average Bonchev–Trinajstić information content (AvgIpc) is 3.72. The predicted octanol–water partition coefficient (Wildman–Crippen LogP) is 6.11. The highest BCUT2D eigenvalue weighted by Crippen LogP contribution is 2.44. The number of aromatic nitrogens is 2. The molecule has 1 amide bonds. The number of hydrogen-bond acceptors (Lipinski definition) is 9. The number of amides is 1. The molecule has 4 aliphatic heterocycles. The van der Waals surface area contributed by atoms with Gasteiger partial charge in [0.1, 0.15) is 24.1 Å². The molecule has 8 rings (SSSR count). The van der Waals surface area contributed by atoms with Gasteiger partial charge in [-0.3, -0.25) is 9.80 Å². The van der Waals surface area contributed by atoms with Crippen molar-refractivity contribution in [2.24, 2.45) is 0 Å². The van der Waals surface area contributed by atoms with E-state index >= 15 is 13.2 Å². The van der Waals surface area contributed by atoms with Gasteiger partial charge in [0.15, 0.2) is 24.2 Å². The maximum atomic E-state index is 17.1. The van der Waals surface area contributed by atoms with Crippen LogP contribution in [0.4, 0.5) is 22.4 Å². The van der Waals surface area contributed by atoms with Gasteiger partial charge in [-0.15, -0.1) is 6.42 Å². The molecular formula is C38H37F4N5O5. The van der Waals surface area contributed by atoms with Gasteiger partial charge in [-0.2, -0.15) is 9.97 Å². The summed E-state index contributed by atoms with van der Waals surface area (Å²) in [6.07, 6.45) is 7.37. The molecule has 5 heterocycles. The number of benzene rings is 3. The van der Waals surface area contributed by atoms with Crippen molar-refractivity contribution >= 4 is 27.8 Å². The van der Waals surface area contributed by atoms with Crippen molar-refractivity contribution in [2.45, 2.75) is 62.3 Å². The van der Waals surface area contributed by atoms with Crippen LogP contribution in [0, 0.1) is 29.8 Å². The standard InChI is InChI=1S/C38H37F4N5O5/c1-4-21-7-5-8-24-29(21)25(14-28(31(24)41)51-20-49-3)30-27(40)13-26-33(32(30)42)44-35(50-19-38-10-6-12-46(38)17-22(39)15-38)45-34(26)52-36(48)47-23-9-11-37(47,2)18-43-16-23/h1,5,7-8,13-14,22-23,43H,6,9-12,15-20H2,2-3H3/t22-,23-,37+,38+/m1/s1. The van der Waals surface area contributed by atoms with Crippen molar-refractivity contribution < 1.29 is 41.3 Å². The molecule has 14 heteroatoms. The van der Waals surface area contributed by atoms with Crippen molar-refractivity contribution in [3.8, 4) is 41.1 Å². The third-order valence-electron chi connectivity index (χ3n) is 11.1. The van der Waals surface area contributed by atoms with Gasteiger partial charge in [-0.1, -0.05) is 18.1 Å². The molecule has 4 fully saturated rings. The normalized spacial score (nSPS) is 25.4. The Morgan fingerprint density at radius 2 is 1.98 bits per heavy atom.